The first kappa shape index (κ1) is 28.6. The number of aryl methyl sites for hydroxylation is 1. The van der Waals surface area contributed by atoms with Crippen LogP contribution in [0.5, 0.6) is 17.2 Å². The topological polar surface area (TPSA) is 55.9 Å². The molecule has 1 N–H and O–H groups in total. The van der Waals surface area contributed by atoms with Gasteiger partial charge in [0.05, 0.1) is 21.3 Å². The van der Waals surface area contributed by atoms with Crippen LogP contribution in [0.2, 0.25) is 0 Å². The van der Waals surface area contributed by atoms with Gasteiger partial charge in [-0.1, -0.05) is 17.7 Å². The van der Waals surface area contributed by atoms with Crippen LogP contribution in [0.3, 0.4) is 0 Å². The Morgan fingerprint density at radius 1 is 0.857 bits per heavy atom. The maximum Gasteiger partial charge on any atom is 0.203 e. The molecule has 4 rings (SSSR count). The number of benzene rings is 2. The van der Waals surface area contributed by atoms with Gasteiger partial charge in [-0.25, -0.2) is 0 Å². The summed E-state index contributed by atoms with van der Waals surface area (Å²) in [6, 6.07) is 15.5. The Morgan fingerprint density at radius 2 is 1.49 bits per heavy atom. The first-order chi connectivity index (χ1) is 16.1. The highest BCUT2D eigenvalue weighted by Crippen LogP contribution is 2.41. The van der Waals surface area contributed by atoms with Gasteiger partial charge in [-0.3, -0.25) is 4.98 Å². The Labute approximate surface area is 220 Å². The average Bonchev–Trinajstić information content (AvgIpc) is 2.87. The number of hydrogen-bond donors (Lipinski definition) is 1. The second-order valence-corrected chi connectivity index (χ2v) is 8.44. The monoisotopic (exact) mass is 519 g/mol. The molecule has 0 spiro atoms. The van der Waals surface area contributed by atoms with Crippen molar-refractivity contribution in [2.24, 2.45) is 0 Å². The van der Waals surface area contributed by atoms with E-state index >= 15 is 0 Å². The minimum absolute atomic E-state index is 0. The van der Waals surface area contributed by atoms with Crippen LogP contribution in [-0.4, -0.2) is 45.4 Å². The van der Waals surface area contributed by atoms with Crippen LogP contribution in [0.25, 0.3) is 11.1 Å². The lowest BCUT2D eigenvalue weighted by Gasteiger charge is -2.36. The van der Waals surface area contributed by atoms with Crippen molar-refractivity contribution in [2.75, 3.05) is 39.3 Å². The summed E-state index contributed by atoms with van der Waals surface area (Å²) in [6.07, 6.45) is 6.11. The fourth-order valence-corrected chi connectivity index (χ4v) is 4.46. The standard InChI is InChI=1S/C27H33N3O3.2ClH/c1-19-5-7-23(8-6-19)30(24-9-11-28-12-10-24)18-20-13-22(17-29-16-20)21-14-25(31-2)27(33-4)26(15-21)32-3;;/h5-8,13-17,24,28H,9-12,18H2,1-4H3;2*1H. The summed E-state index contributed by atoms with van der Waals surface area (Å²) in [5.74, 6) is 1.85. The van der Waals surface area contributed by atoms with E-state index in [2.05, 4.69) is 52.5 Å². The predicted molar refractivity (Wildman–Crippen MR) is 147 cm³/mol. The summed E-state index contributed by atoms with van der Waals surface area (Å²) >= 11 is 0. The summed E-state index contributed by atoms with van der Waals surface area (Å²) in [4.78, 5) is 7.09. The average molecular weight is 521 g/mol. The van der Waals surface area contributed by atoms with Crippen LogP contribution < -0.4 is 24.4 Å². The number of anilines is 1. The number of nitrogens with zero attached hydrogens (tertiary/aromatic N) is 2. The van der Waals surface area contributed by atoms with E-state index in [0.29, 0.717) is 23.3 Å². The lowest BCUT2D eigenvalue weighted by molar-refractivity contribution is 0.324. The zero-order chi connectivity index (χ0) is 23.2. The molecule has 1 aromatic heterocycles. The van der Waals surface area contributed by atoms with Crippen molar-refractivity contribution in [3.63, 3.8) is 0 Å². The number of halogens is 2. The van der Waals surface area contributed by atoms with E-state index in [9.17, 15) is 0 Å². The molecule has 0 amide bonds. The van der Waals surface area contributed by atoms with Crippen LogP contribution in [0.15, 0.2) is 54.9 Å². The number of piperidine rings is 1. The molecule has 1 saturated heterocycles. The molecule has 0 radical (unpaired) electrons. The molecule has 2 aromatic carbocycles. The summed E-state index contributed by atoms with van der Waals surface area (Å²) in [5, 5.41) is 3.48. The SMILES string of the molecule is COc1cc(-c2cncc(CN(c3ccc(C)cc3)C3CCNCC3)c2)cc(OC)c1OC.Cl.Cl. The molecule has 6 nitrogen and oxygen atoms in total. The van der Waals surface area contributed by atoms with Crippen LogP contribution in [0.1, 0.15) is 24.0 Å². The van der Waals surface area contributed by atoms with Crippen molar-refractivity contribution in [3.8, 4) is 28.4 Å². The molecule has 0 unspecified atom stereocenters. The van der Waals surface area contributed by atoms with Gasteiger partial charge in [0.1, 0.15) is 0 Å². The van der Waals surface area contributed by atoms with Crippen molar-refractivity contribution >= 4 is 30.5 Å². The number of pyridine rings is 1. The van der Waals surface area contributed by atoms with E-state index < -0.39 is 0 Å². The fraction of sp³-hybridized carbons (Fsp3) is 0.370. The molecule has 0 atom stereocenters. The van der Waals surface area contributed by atoms with Crippen LogP contribution in [-0.2, 0) is 6.54 Å². The summed E-state index contributed by atoms with van der Waals surface area (Å²) < 4.78 is 16.6. The molecular weight excluding hydrogens is 485 g/mol. The van der Waals surface area contributed by atoms with Gasteiger partial charge in [0.2, 0.25) is 5.75 Å². The normalized spacial score (nSPS) is 13.3. The van der Waals surface area contributed by atoms with Crippen LogP contribution >= 0.6 is 24.8 Å². The number of ether oxygens (including phenoxy) is 3. The third kappa shape index (κ3) is 6.72. The molecule has 1 aliphatic heterocycles. The van der Waals surface area contributed by atoms with Crippen LogP contribution in [0.4, 0.5) is 5.69 Å². The fourth-order valence-electron chi connectivity index (χ4n) is 4.46. The third-order valence-electron chi connectivity index (χ3n) is 6.26. The predicted octanol–water partition coefficient (Wildman–Crippen LogP) is 5.69. The quantitative estimate of drug-likeness (QED) is 0.412. The Kier molecular flexibility index (Phi) is 11.0. The zero-order valence-corrected chi connectivity index (χ0v) is 22.4. The molecule has 0 saturated carbocycles. The Hall–Kier alpha value is -2.67. The van der Waals surface area contributed by atoms with Gasteiger partial charge in [0.15, 0.2) is 11.5 Å². The first-order valence-corrected chi connectivity index (χ1v) is 11.4. The van der Waals surface area contributed by atoms with E-state index in [1.165, 1.54) is 16.8 Å². The van der Waals surface area contributed by atoms with E-state index in [4.69, 9.17) is 14.2 Å². The highest BCUT2D eigenvalue weighted by atomic mass is 35.5. The third-order valence-corrected chi connectivity index (χ3v) is 6.26. The maximum absolute atomic E-state index is 5.54. The maximum atomic E-state index is 5.54. The van der Waals surface area contributed by atoms with E-state index in [0.717, 1.165) is 43.6 Å². The molecule has 8 heteroatoms. The second-order valence-electron chi connectivity index (χ2n) is 8.44. The Morgan fingerprint density at radius 3 is 2.06 bits per heavy atom. The van der Waals surface area contributed by atoms with Gasteiger partial charge in [-0.15, -0.1) is 24.8 Å². The van der Waals surface area contributed by atoms with Gasteiger partial charge < -0.3 is 24.4 Å². The molecule has 35 heavy (non-hydrogen) atoms. The van der Waals surface area contributed by atoms with Crippen LogP contribution in [0, 0.1) is 6.92 Å². The Balaban J connectivity index is 0.00000216. The molecule has 0 bridgehead atoms. The van der Waals surface area contributed by atoms with Gasteiger partial charge in [-0.05, 0) is 74.3 Å². The number of aromatic nitrogens is 1. The highest BCUT2D eigenvalue weighted by molar-refractivity contribution is 5.85. The Bertz CT molecular complexity index is 1050. The van der Waals surface area contributed by atoms with Crippen molar-refractivity contribution in [2.45, 2.75) is 32.4 Å². The van der Waals surface area contributed by atoms with E-state index in [1.54, 1.807) is 21.3 Å². The molecule has 2 heterocycles. The van der Waals surface area contributed by atoms with E-state index in [1.807, 2.05) is 24.5 Å². The minimum atomic E-state index is 0. The van der Waals surface area contributed by atoms with Gasteiger partial charge >= 0.3 is 0 Å². The summed E-state index contributed by atoms with van der Waals surface area (Å²) in [6.45, 7) is 5.04. The summed E-state index contributed by atoms with van der Waals surface area (Å²) in [5.41, 5.74) is 5.68. The van der Waals surface area contributed by atoms with Crippen molar-refractivity contribution < 1.29 is 14.2 Å². The molecule has 0 aliphatic carbocycles. The van der Waals surface area contributed by atoms with Gasteiger partial charge in [0.25, 0.3) is 0 Å². The smallest absolute Gasteiger partial charge is 0.203 e. The first-order valence-electron chi connectivity index (χ1n) is 11.4. The van der Waals surface area contributed by atoms with Crippen molar-refractivity contribution in [1.29, 1.82) is 0 Å². The zero-order valence-electron chi connectivity index (χ0n) is 20.7. The molecule has 1 aliphatic rings. The van der Waals surface area contributed by atoms with Gasteiger partial charge in [-0.2, -0.15) is 0 Å². The number of hydrogen-bond acceptors (Lipinski definition) is 6. The lowest BCUT2D eigenvalue weighted by Crippen LogP contribution is -2.43. The molecule has 190 valence electrons. The number of methoxy groups -OCH3 is 3. The molecular formula is C27H35Cl2N3O3. The van der Waals surface area contributed by atoms with Crippen molar-refractivity contribution in [3.05, 3.63) is 66.0 Å². The molecule has 1 fully saturated rings. The number of nitrogens with one attached hydrogen (secondary N) is 1. The summed E-state index contributed by atoms with van der Waals surface area (Å²) in [7, 11) is 4.88. The minimum Gasteiger partial charge on any atom is -0.493 e. The molecule has 3 aromatic rings. The lowest BCUT2D eigenvalue weighted by atomic mass is 10.0. The van der Waals surface area contributed by atoms with Gasteiger partial charge in [0, 0.05) is 36.2 Å². The van der Waals surface area contributed by atoms with E-state index in [-0.39, 0.29) is 24.8 Å². The number of rotatable bonds is 8. The van der Waals surface area contributed by atoms with Crippen molar-refractivity contribution in [1.82, 2.24) is 10.3 Å². The highest BCUT2D eigenvalue weighted by Gasteiger charge is 2.22. The second kappa shape index (κ2) is 13.4. The largest absolute Gasteiger partial charge is 0.493 e.